The second-order valence-corrected chi connectivity index (χ2v) is 8.61. The number of hydrogen-bond acceptors (Lipinski definition) is 5. The van der Waals surface area contributed by atoms with Crippen molar-refractivity contribution in [2.24, 2.45) is 10.9 Å². The lowest BCUT2D eigenvalue weighted by atomic mass is 9.79. The molecule has 0 radical (unpaired) electrons. The molecule has 1 unspecified atom stereocenters. The predicted octanol–water partition coefficient (Wildman–Crippen LogP) is 4.26. The van der Waals surface area contributed by atoms with Crippen molar-refractivity contribution in [3.8, 4) is 22.9 Å². The van der Waals surface area contributed by atoms with Gasteiger partial charge in [0.25, 0.3) is 5.56 Å². The molecule has 1 atom stereocenters. The number of methoxy groups -OCH3 is 2. The van der Waals surface area contributed by atoms with Crippen LogP contribution in [0.4, 0.5) is 0 Å². The molecule has 3 aromatic rings. The second kappa shape index (κ2) is 8.43. The summed E-state index contributed by atoms with van der Waals surface area (Å²) in [5, 5.41) is 0.615. The minimum atomic E-state index is -0.0846. The summed E-state index contributed by atoms with van der Waals surface area (Å²) in [6.07, 6.45) is 3.12. The van der Waals surface area contributed by atoms with Crippen LogP contribution in [0.3, 0.4) is 0 Å². The number of nitrogens with one attached hydrogen (secondary N) is 1. The molecule has 2 aromatic carbocycles. The van der Waals surface area contributed by atoms with E-state index in [0.29, 0.717) is 23.0 Å². The standard InChI is InChI=1S/C25H24ClN3O3/c1-31-21-12-14-8-9-27-23(18(14)13-22(21)32-2)15-6-7-20-19(11-15)25(30)29-24(28-20)16-4-3-5-17(26)10-16/h3-5,10,12-13,15H,6-9,11H2,1-2H3,(H,28,29,30). The molecule has 164 valence electrons. The number of aryl methyl sites for hydroxylation is 1. The molecule has 5 rings (SSSR count). The largest absolute Gasteiger partial charge is 0.493 e. The quantitative estimate of drug-likeness (QED) is 0.645. The maximum absolute atomic E-state index is 13.0. The zero-order chi connectivity index (χ0) is 22.2. The van der Waals surface area contributed by atoms with E-state index in [2.05, 4.69) is 4.98 Å². The van der Waals surface area contributed by atoms with Crippen LogP contribution in [-0.2, 0) is 19.3 Å². The van der Waals surface area contributed by atoms with Gasteiger partial charge in [0.15, 0.2) is 11.5 Å². The second-order valence-electron chi connectivity index (χ2n) is 8.17. The third-order valence-corrected chi connectivity index (χ3v) is 6.55. The first-order valence-corrected chi connectivity index (χ1v) is 11.1. The number of benzene rings is 2. The van der Waals surface area contributed by atoms with Gasteiger partial charge in [0.2, 0.25) is 0 Å². The number of hydrogen-bond donors (Lipinski definition) is 1. The Labute approximate surface area is 191 Å². The monoisotopic (exact) mass is 449 g/mol. The fourth-order valence-electron chi connectivity index (χ4n) is 4.72. The van der Waals surface area contributed by atoms with Crippen LogP contribution >= 0.6 is 11.6 Å². The number of halogens is 1. The summed E-state index contributed by atoms with van der Waals surface area (Å²) in [6.45, 7) is 0.740. The summed E-state index contributed by atoms with van der Waals surface area (Å²) in [7, 11) is 3.29. The number of H-pyrrole nitrogens is 1. The highest BCUT2D eigenvalue weighted by Crippen LogP contribution is 2.36. The van der Waals surface area contributed by atoms with E-state index in [4.69, 9.17) is 31.1 Å². The maximum atomic E-state index is 13.0. The van der Waals surface area contributed by atoms with E-state index in [0.717, 1.165) is 59.7 Å². The Morgan fingerprint density at radius 1 is 1.09 bits per heavy atom. The molecule has 2 aliphatic rings. The van der Waals surface area contributed by atoms with Gasteiger partial charge in [0.1, 0.15) is 5.82 Å². The van der Waals surface area contributed by atoms with Crippen molar-refractivity contribution in [2.45, 2.75) is 25.7 Å². The van der Waals surface area contributed by atoms with Crippen LogP contribution in [0.1, 0.15) is 28.8 Å². The number of aromatic nitrogens is 2. The molecule has 0 bridgehead atoms. The molecule has 0 saturated heterocycles. The fourth-order valence-corrected chi connectivity index (χ4v) is 4.91. The minimum Gasteiger partial charge on any atom is -0.493 e. The van der Waals surface area contributed by atoms with Crippen molar-refractivity contribution >= 4 is 17.3 Å². The third-order valence-electron chi connectivity index (χ3n) is 6.31. The molecular weight excluding hydrogens is 426 g/mol. The number of fused-ring (bicyclic) bond motifs is 2. The Hall–Kier alpha value is -3.12. The number of aliphatic imine (C=N–C) groups is 1. The van der Waals surface area contributed by atoms with Crippen LogP contribution in [0.5, 0.6) is 11.5 Å². The van der Waals surface area contributed by atoms with Crippen molar-refractivity contribution in [1.82, 2.24) is 9.97 Å². The topological polar surface area (TPSA) is 76.6 Å². The molecule has 6 nitrogen and oxygen atoms in total. The van der Waals surface area contributed by atoms with Gasteiger partial charge in [0, 0.05) is 39.9 Å². The molecule has 0 saturated carbocycles. The molecule has 0 spiro atoms. The highest BCUT2D eigenvalue weighted by molar-refractivity contribution is 6.30. The molecule has 2 heterocycles. The first kappa shape index (κ1) is 20.8. The van der Waals surface area contributed by atoms with Gasteiger partial charge in [0.05, 0.1) is 19.9 Å². The lowest BCUT2D eigenvalue weighted by Crippen LogP contribution is -2.32. The van der Waals surface area contributed by atoms with Crippen molar-refractivity contribution in [3.05, 3.63) is 74.2 Å². The normalized spacial score (nSPS) is 17.2. The maximum Gasteiger partial charge on any atom is 0.254 e. The van der Waals surface area contributed by atoms with Gasteiger partial charge in [-0.2, -0.15) is 0 Å². The van der Waals surface area contributed by atoms with Gasteiger partial charge in [-0.15, -0.1) is 0 Å². The summed E-state index contributed by atoms with van der Waals surface area (Å²) in [4.78, 5) is 25.6. The average molecular weight is 450 g/mol. The van der Waals surface area contributed by atoms with Crippen molar-refractivity contribution in [1.29, 1.82) is 0 Å². The van der Waals surface area contributed by atoms with Gasteiger partial charge in [-0.1, -0.05) is 23.7 Å². The van der Waals surface area contributed by atoms with E-state index in [-0.39, 0.29) is 11.5 Å². The third kappa shape index (κ3) is 3.69. The molecular formula is C25H24ClN3O3. The molecule has 1 aliphatic carbocycles. The molecule has 1 aromatic heterocycles. The van der Waals surface area contributed by atoms with Crippen LogP contribution in [0, 0.1) is 5.92 Å². The van der Waals surface area contributed by atoms with Gasteiger partial charge < -0.3 is 14.5 Å². The number of ether oxygens (including phenoxy) is 2. The zero-order valence-electron chi connectivity index (χ0n) is 18.1. The van der Waals surface area contributed by atoms with Crippen LogP contribution in [-0.4, -0.2) is 36.4 Å². The first-order chi connectivity index (χ1) is 15.6. The molecule has 7 heteroatoms. The molecule has 1 N–H and O–H groups in total. The Morgan fingerprint density at radius 3 is 2.69 bits per heavy atom. The number of aromatic amines is 1. The van der Waals surface area contributed by atoms with E-state index in [1.165, 1.54) is 5.56 Å². The van der Waals surface area contributed by atoms with Crippen LogP contribution in [0.25, 0.3) is 11.4 Å². The van der Waals surface area contributed by atoms with Gasteiger partial charge in [-0.05, 0) is 55.5 Å². The molecule has 1 aliphatic heterocycles. The molecule has 0 amide bonds. The predicted molar refractivity (Wildman–Crippen MR) is 125 cm³/mol. The summed E-state index contributed by atoms with van der Waals surface area (Å²) in [5.41, 5.74) is 5.70. The van der Waals surface area contributed by atoms with Crippen molar-refractivity contribution in [3.63, 3.8) is 0 Å². The van der Waals surface area contributed by atoms with E-state index in [1.807, 2.05) is 30.3 Å². The smallest absolute Gasteiger partial charge is 0.254 e. The van der Waals surface area contributed by atoms with E-state index in [9.17, 15) is 4.79 Å². The Morgan fingerprint density at radius 2 is 1.91 bits per heavy atom. The fraction of sp³-hybridized carbons (Fsp3) is 0.320. The zero-order valence-corrected chi connectivity index (χ0v) is 18.8. The lowest BCUT2D eigenvalue weighted by molar-refractivity contribution is 0.354. The Kier molecular flexibility index (Phi) is 5.47. The number of nitrogens with zero attached hydrogens (tertiary/aromatic N) is 2. The lowest BCUT2D eigenvalue weighted by Gasteiger charge is -2.28. The number of rotatable bonds is 4. The van der Waals surface area contributed by atoms with Crippen LogP contribution in [0.15, 0.2) is 46.2 Å². The van der Waals surface area contributed by atoms with Crippen molar-refractivity contribution < 1.29 is 9.47 Å². The van der Waals surface area contributed by atoms with Gasteiger partial charge in [-0.25, -0.2) is 4.98 Å². The van der Waals surface area contributed by atoms with Crippen molar-refractivity contribution in [2.75, 3.05) is 20.8 Å². The summed E-state index contributed by atoms with van der Waals surface area (Å²) in [5.74, 6) is 2.16. The summed E-state index contributed by atoms with van der Waals surface area (Å²) in [6, 6.07) is 11.4. The Balaban J connectivity index is 1.48. The minimum absolute atomic E-state index is 0.0846. The van der Waals surface area contributed by atoms with E-state index >= 15 is 0 Å². The van der Waals surface area contributed by atoms with E-state index in [1.54, 1.807) is 20.3 Å². The summed E-state index contributed by atoms with van der Waals surface area (Å²) < 4.78 is 11.0. The highest BCUT2D eigenvalue weighted by atomic mass is 35.5. The van der Waals surface area contributed by atoms with Crippen LogP contribution < -0.4 is 15.0 Å². The Bertz CT molecular complexity index is 1280. The van der Waals surface area contributed by atoms with E-state index < -0.39 is 0 Å². The highest BCUT2D eigenvalue weighted by Gasteiger charge is 2.30. The molecule has 32 heavy (non-hydrogen) atoms. The first-order valence-electron chi connectivity index (χ1n) is 10.7. The molecule has 0 fully saturated rings. The van der Waals surface area contributed by atoms with Gasteiger partial charge >= 0.3 is 0 Å². The van der Waals surface area contributed by atoms with Gasteiger partial charge in [-0.3, -0.25) is 9.79 Å². The van der Waals surface area contributed by atoms with Crippen LogP contribution in [0.2, 0.25) is 5.02 Å². The average Bonchev–Trinajstić information content (AvgIpc) is 2.82. The summed E-state index contributed by atoms with van der Waals surface area (Å²) >= 11 is 6.12. The SMILES string of the molecule is COc1cc2c(cc1OC)C(C1CCc3nc(-c4cccc(Cl)c4)[nH]c(=O)c3C1)=NCC2.